The second kappa shape index (κ2) is 5.41. The van der Waals surface area contributed by atoms with Crippen LogP contribution in [0.2, 0.25) is 5.02 Å². The molecule has 0 saturated heterocycles. The maximum absolute atomic E-state index is 5.93. The van der Waals surface area contributed by atoms with Crippen LogP contribution in [0, 0.1) is 5.41 Å². The van der Waals surface area contributed by atoms with E-state index < -0.39 is 0 Å². The van der Waals surface area contributed by atoms with Gasteiger partial charge in [-0.15, -0.1) is 0 Å². The Hall–Kier alpha value is -0.530. The molecular formula is C15H22ClN. The van der Waals surface area contributed by atoms with Gasteiger partial charge in [0.05, 0.1) is 0 Å². The van der Waals surface area contributed by atoms with E-state index in [0.717, 1.165) is 11.6 Å². The molecule has 1 nitrogen and oxygen atoms in total. The third-order valence-electron chi connectivity index (χ3n) is 3.73. The molecule has 1 N–H and O–H groups in total. The maximum Gasteiger partial charge on any atom is 0.0406 e. The zero-order chi connectivity index (χ0) is 12.3. The van der Waals surface area contributed by atoms with Gasteiger partial charge < -0.3 is 5.32 Å². The molecule has 0 heterocycles. The van der Waals surface area contributed by atoms with Crippen molar-refractivity contribution in [2.24, 2.45) is 5.41 Å². The summed E-state index contributed by atoms with van der Waals surface area (Å²) < 4.78 is 0. The molecule has 0 aromatic heterocycles. The summed E-state index contributed by atoms with van der Waals surface area (Å²) in [5.74, 6) is 0. The number of hydrogen-bond donors (Lipinski definition) is 1. The fraction of sp³-hybridized carbons (Fsp3) is 0.600. The Balaban J connectivity index is 1.97. The van der Waals surface area contributed by atoms with Crippen LogP contribution in [-0.2, 0) is 0 Å². The van der Waals surface area contributed by atoms with Crippen LogP contribution < -0.4 is 5.32 Å². The summed E-state index contributed by atoms with van der Waals surface area (Å²) in [5, 5.41) is 4.53. The van der Waals surface area contributed by atoms with Gasteiger partial charge in [-0.3, -0.25) is 0 Å². The summed E-state index contributed by atoms with van der Waals surface area (Å²) in [4.78, 5) is 0. The topological polar surface area (TPSA) is 12.0 Å². The molecule has 1 fully saturated rings. The van der Waals surface area contributed by atoms with E-state index in [9.17, 15) is 0 Å². The lowest BCUT2D eigenvalue weighted by Crippen LogP contribution is -2.27. The number of nitrogens with one attached hydrogen (secondary N) is 1. The van der Waals surface area contributed by atoms with Crippen molar-refractivity contribution in [3.63, 3.8) is 0 Å². The van der Waals surface area contributed by atoms with Gasteiger partial charge in [-0.1, -0.05) is 44.0 Å². The fourth-order valence-corrected chi connectivity index (χ4v) is 2.26. The second-order valence-corrected chi connectivity index (χ2v) is 6.02. The highest BCUT2D eigenvalue weighted by Crippen LogP contribution is 2.44. The molecule has 1 aromatic rings. The van der Waals surface area contributed by atoms with Crippen molar-refractivity contribution in [1.29, 1.82) is 0 Å². The first-order chi connectivity index (χ1) is 8.13. The molecule has 0 aliphatic heterocycles. The molecule has 1 unspecified atom stereocenters. The van der Waals surface area contributed by atoms with Gasteiger partial charge >= 0.3 is 0 Å². The maximum atomic E-state index is 5.93. The minimum atomic E-state index is 0.481. The smallest absolute Gasteiger partial charge is 0.0406 e. The van der Waals surface area contributed by atoms with Gasteiger partial charge in [0.1, 0.15) is 0 Å². The van der Waals surface area contributed by atoms with Crippen LogP contribution in [0.15, 0.2) is 24.3 Å². The highest BCUT2D eigenvalue weighted by Gasteiger charge is 2.37. The molecule has 2 heteroatoms. The van der Waals surface area contributed by atoms with Crippen LogP contribution in [0.4, 0.5) is 0 Å². The summed E-state index contributed by atoms with van der Waals surface area (Å²) in [5.41, 5.74) is 1.93. The molecule has 1 saturated carbocycles. The highest BCUT2D eigenvalue weighted by atomic mass is 35.5. The van der Waals surface area contributed by atoms with E-state index in [1.807, 2.05) is 12.1 Å². The van der Waals surface area contributed by atoms with Crippen molar-refractivity contribution >= 4 is 11.6 Å². The van der Waals surface area contributed by atoms with Crippen LogP contribution in [0.5, 0.6) is 0 Å². The number of benzene rings is 1. The average Bonchev–Trinajstić information content (AvgIpc) is 3.05. The van der Waals surface area contributed by atoms with Crippen LogP contribution in [-0.4, -0.2) is 6.54 Å². The quantitative estimate of drug-likeness (QED) is 0.781. The average molecular weight is 252 g/mol. The third kappa shape index (κ3) is 3.72. The molecule has 0 spiro atoms. The van der Waals surface area contributed by atoms with E-state index in [4.69, 9.17) is 11.6 Å². The monoisotopic (exact) mass is 251 g/mol. The molecule has 2 rings (SSSR count). The summed E-state index contributed by atoms with van der Waals surface area (Å²) in [6.45, 7) is 5.74. The Labute approximate surface area is 110 Å². The van der Waals surface area contributed by atoms with Gasteiger partial charge in [0.15, 0.2) is 0 Å². The molecule has 1 aromatic carbocycles. The molecular weight excluding hydrogens is 230 g/mol. The summed E-state index contributed by atoms with van der Waals surface area (Å²) in [6.07, 6.45) is 5.15. The SMILES string of the molecule is CCCC(NCC1(C)CC1)c1ccc(Cl)cc1. The van der Waals surface area contributed by atoms with Gasteiger partial charge in [-0.05, 0) is 42.4 Å². The Bertz CT molecular complexity index is 354. The Morgan fingerprint density at radius 3 is 2.47 bits per heavy atom. The van der Waals surface area contributed by atoms with Crippen LogP contribution >= 0.6 is 11.6 Å². The largest absolute Gasteiger partial charge is 0.309 e. The molecule has 0 amide bonds. The first-order valence-electron chi connectivity index (χ1n) is 6.62. The predicted octanol–water partition coefficient (Wildman–Crippen LogP) is 4.57. The standard InChI is InChI=1S/C15H22ClN/c1-3-4-14(17-11-15(2)9-10-15)12-5-7-13(16)8-6-12/h5-8,14,17H,3-4,9-11H2,1-2H3. The number of hydrogen-bond acceptors (Lipinski definition) is 1. The van der Waals surface area contributed by atoms with Crippen molar-refractivity contribution in [2.45, 2.75) is 45.6 Å². The lowest BCUT2D eigenvalue weighted by Gasteiger charge is -2.21. The third-order valence-corrected chi connectivity index (χ3v) is 3.98. The van der Waals surface area contributed by atoms with Gasteiger partial charge in [0, 0.05) is 17.6 Å². The van der Waals surface area contributed by atoms with Crippen molar-refractivity contribution in [2.75, 3.05) is 6.54 Å². The highest BCUT2D eigenvalue weighted by molar-refractivity contribution is 6.30. The summed E-state index contributed by atoms with van der Waals surface area (Å²) in [7, 11) is 0. The van der Waals surface area contributed by atoms with E-state index in [1.54, 1.807) is 0 Å². The molecule has 94 valence electrons. The lowest BCUT2D eigenvalue weighted by atomic mass is 10.0. The minimum Gasteiger partial charge on any atom is -0.309 e. The lowest BCUT2D eigenvalue weighted by molar-refractivity contribution is 0.422. The van der Waals surface area contributed by atoms with E-state index >= 15 is 0 Å². The van der Waals surface area contributed by atoms with E-state index in [-0.39, 0.29) is 0 Å². The van der Waals surface area contributed by atoms with E-state index in [1.165, 1.54) is 31.2 Å². The molecule has 1 aliphatic carbocycles. The van der Waals surface area contributed by atoms with Gasteiger partial charge in [0.25, 0.3) is 0 Å². The second-order valence-electron chi connectivity index (χ2n) is 5.58. The predicted molar refractivity (Wildman–Crippen MR) is 74.4 cm³/mol. The van der Waals surface area contributed by atoms with Gasteiger partial charge in [-0.25, -0.2) is 0 Å². The van der Waals surface area contributed by atoms with E-state index in [2.05, 4.69) is 31.3 Å². The summed E-state index contributed by atoms with van der Waals surface area (Å²) >= 11 is 5.93. The molecule has 0 bridgehead atoms. The van der Waals surface area contributed by atoms with Crippen LogP contribution in [0.1, 0.15) is 51.1 Å². The van der Waals surface area contributed by atoms with Gasteiger partial charge in [0.2, 0.25) is 0 Å². The van der Waals surface area contributed by atoms with Crippen molar-refractivity contribution in [1.82, 2.24) is 5.32 Å². The fourth-order valence-electron chi connectivity index (χ4n) is 2.13. The molecule has 0 radical (unpaired) electrons. The van der Waals surface area contributed by atoms with Gasteiger partial charge in [-0.2, -0.15) is 0 Å². The van der Waals surface area contributed by atoms with Crippen molar-refractivity contribution < 1.29 is 0 Å². The zero-order valence-electron chi connectivity index (χ0n) is 10.8. The molecule has 1 aliphatic rings. The van der Waals surface area contributed by atoms with Crippen LogP contribution in [0.3, 0.4) is 0 Å². The zero-order valence-corrected chi connectivity index (χ0v) is 11.6. The number of halogens is 1. The van der Waals surface area contributed by atoms with Crippen molar-refractivity contribution in [3.05, 3.63) is 34.9 Å². The normalized spacial score (nSPS) is 19.0. The molecule has 1 atom stereocenters. The first-order valence-corrected chi connectivity index (χ1v) is 7.00. The Morgan fingerprint density at radius 2 is 1.94 bits per heavy atom. The Morgan fingerprint density at radius 1 is 1.29 bits per heavy atom. The minimum absolute atomic E-state index is 0.481. The van der Waals surface area contributed by atoms with Crippen molar-refractivity contribution in [3.8, 4) is 0 Å². The Kier molecular flexibility index (Phi) is 4.11. The molecule has 17 heavy (non-hydrogen) atoms. The van der Waals surface area contributed by atoms with Crippen LogP contribution in [0.25, 0.3) is 0 Å². The number of rotatable bonds is 6. The van der Waals surface area contributed by atoms with E-state index in [0.29, 0.717) is 11.5 Å². The first kappa shape index (κ1) is 12.9. The summed E-state index contributed by atoms with van der Waals surface area (Å²) in [6, 6.07) is 8.74.